The molecule has 0 saturated heterocycles. The van der Waals surface area contributed by atoms with Crippen LogP contribution in [0.1, 0.15) is 43.9 Å². The van der Waals surface area contributed by atoms with Crippen molar-refractivity contribution in [2.45, 2.75) is 45.3 Å². The Labute approximate surface area is 127 Å². The zero-order chi connectivity index (χ0) is 15.1. The number of benzene rings is 1. The van der Waals surface area contributed by atoms with Crippen LogP contribution in [0, 0.1) is 0 Å². The van der Waals surface area contributed by atoms with E-state index in [4.69, 9.17) is 10.5 Å². The molecule has 2 unspecified atom stereocenters. The number of hydrogen-bond donors (Lipinski definition) is 1. The number of aromatic nitrogens is 1. The molecule has 1 aromatic carbocycles. The summed E-state index contributed by atoms with van der Waals surface area (Å²) in [6.07, 6.45) is 6.53. The highest BCUT2D eigenvalue weighted by molar-refractivity contribution is 5.28. The van der Waals surface area contributed by atoms with Crippen LogP contribution >= 0.6 is 0 Å². The molecule has 21 heavy (non-hydrogen) atoms. The molecule has 2 aromatic rings. The molecule has 0 aliphatic heterocycles. The van der Waals surface area contributed by atoms with Crippen LogP contribution in [0.3, 0.4) is 0 Å². The van der Waals surface area contributed by atoms with Crippen LogP contribution in [0.15, 0.2) is 48.8 Å². The summed E-state index contributed by atoms with van der Waals surface area (Å²) in [5.41, 5.74) is 8.58. The molecule has 0 bridgehead atoms. The molecule has 0 fully saturated rings. The van der Waals surface area contributed by atoms with E-state index in [1.54, 1.807) is 6.20 Å². The molecule has 0 aliphatic rings. The summed E-state index contributed by atoms with van der Waals surface area (Å²) in [4.78, 5) is 4.17. The summed E-state index contributed by atoms with van der Waals surface area (Å²) in [6, 6.07) is 12.2. The number of nitrogens with two attached hydrogens (primary N) is 1. The fourth-order valence-corrected chi connectivity index (χ4v) is 2.33. The zero-order valence-corrected chi connectivity index (χ0v) is 12.8. The van der Waals surface area contributed by atoms with Crippen LogP contribution < -0.4 is 10.5 Å². The first kappa shape index (κ1) is 15.5. The minimum atomic E-state index is -0.166. The van der Waals surface area contributed by atoms with Gasteiger partial charge in [-0.3, -0.25) is 4.98 Å². The Morgan fingerprint density at radius 3 is 2.48 bits per heavy atom. The Hall–Kier alpha value is -1.87. The van der Waals surface area contributed by atoms with Gasteiger partial charge < -0.3 is 10.5 Å². The third-order valence-corrected chi connectivity index (χ3v) is 3.60. The topological polar surface area (TPSA) is 48.1 Å². The fraction of sp³-hybridized carbons (Fsp3) is 0.389. The number of hydrogen-bond acceptors (Lipinski definition) is 3. The number of ether oxygens (including phenoxy) is 1. The van der Waals surface area contributed by atoms with Gasteiger partial charge in [-0.2, -0.15) is 0 Å². The average Bonchev–Trinajstić information content (AvgIpc) is 2.54. The first-order chi connectivity index (χ1) is 10.2. The Morgan fingerprint density at radius 1 is 1.14 bits per heavy atom. The standard InChI is InChI=1S/C18H24N2O/c1-3-6-14-8-10-16(11-9-14)21-18(17(19)4-2)15-7-5-12-20-13-15/h5,7-13,17-18H,3-4,6,19H2,1-2H3. The Morgan fingerprint density at radius 2 is 1.90 bits per heavy atom. The van der Waals surface area contributed by atoms with Crippen molar-refractivity contribution in [2.75, 3.05) is 0 Å². The third-order valence-electron chi connectivity index (χ3n) is 3.60. The van der Waals surface area contributed by atoms with Crippen LogP contribution in [0.25, 0.3) is 0 Å². The van der Waals surface area contributed by atoms with E-state index in [9.17, 15) is 0 Å². The van der Waals surface area contributed by atoms with Crippen molar-refractivity contribution in [3.63, 3.8) is 0 Å². The van der Waals surface area contributed by atoms with Crippen molar-refractivity contribution >= 4 is 0 Å². The first-order valence-electron chi connectivity index (χ1n) is 7.65. The van der Waals surface area contributed by atoms with Crippen molar-refractivity contribution in [3.8, 4) is 5.75 Å². The van der Waals surface area contributed by atoms with E-state index < -0.39 is 0 Å². The van der Waals surface area contributed by atoms with E-state index in [-0.39, 0.29) is 12.1 Å². The van der Waals surface area contributed by atoms with E-state index in [0.29, 0.717) is 0 Å². The molecule has 2 N–H and O–H groups in total. The number of pyridine rings is 1. The monoisotopic (exact) mass is 284 g/mol. The second kappa shape index (κ2) is 7.79. The first-order valence-corrected chi connectivity index (χ1v) is 7.65. The van der Waals surface area contributed by atoms with Gasteiger partial charge in [0.05, 0.1) is 0 Å². The molecule has 0 spiro atoms. The second-order valence-electron chi connectivity index (χ2n) is 5.29. The minimum Gasteiger partial charge on any atom is -0.484 e. The van der Waals surface area contributed by atoms with Crippen LogP contribution in [0.4, 0.5) is 0 Å². The second-order valence-corrected chi connectivity index (χ2v) is 5.29. The molecular formula is C18H24N2O. The van der Waals surface area contributed by atoms with Crippen molar-refractivity contribution in [1.29, 1.82) is 0 Å². The molecule has 3 heteroatoms. The molecule has 0 saturated carbocycles. The van der Waals surface area contributed by atoms with E-state index >= 15 is 0 Å². The lowest BCUT2D eigenvalue weighted by molar-refractivity contribution is 0.170. The SMILES string of the molecule is CCCc1ccc(OC(c2cccnc2)C(N)CC)cc1. The Kier molecular flexibility index (Phi) is 5.76. The summed E-state index contributed by atoms with van der Waals surface area (Å²) in [5, 5.41) is 0. The van der Waals surface area contributed by atoms with Gasteiger partial charge in [0.25, 0.3) is 0 Å². The molecule has 0 aliphatic carbocycles. The van der Waals surface area contributed by atoms with E-state index in [2.05, 4.69) is 31.0 Å². The van der Waals surface area contributed by atoms with Gasteiger partial charge in [0.15, 0.2) is 0 Å². The Balaban J connectivity index is 2.15. The lowest BCUT2D eigenvalue weighted by atomic mass is 10.0. The van der Waals surface area contributed by atoms with Gasteiger partial charge in [0, 0.05) is 24.0 Å². The van der Waals surface area contributed by atoms with Gasteiger partial charge in [-0.15, -0.1) is 0 Å². The van der Waals surface area contributed by atoms with Crippen LogP contribution in [-0.2, 0) is 6.42 Å². The molecular weight excluding hydrogens is 260 g/mol. The smallest absolute Gasteiger partial charge is 0.140 e. The van der Waals surface area contributed by atoms with Crippen molar-refractivity contribution in [3.05, 3.63) is 59.9 Å². The molecule has 2 atom stereocenters. The summed E-state index contributed by atoms with van der Waals surface area (Å²) < 4.78 is 6.12. The van der Waals surface area contributed by atoms with Gasteiger partial charge in [-0.1, -0.05) is 38.5 Å². The average molecular weight is 284 g/mol. The van der Waals surface area contributed by atoms with Gasteiger partial charge in [0.1, 0.15) is 11.9 Å². The lowest BCUT2D eigenvalue weighted by Crippen LogP contribution is -2.31. The van der Waals surface area contributed by atoms with E-state index in [0.717, 1.165) is 30.6 Å². The summed E-state index contributed by atoms with van der Waals surface area (Å²) >= 11 is 0. The van der Waals surface area contributed by atoms with Gasteiger partial charge in [-0.05, 0) is 36.6 Å². The summed E-state index contributed by atoms with van der Waals surface area (Å²) in [5.74, 6) is 0.854. The lowest BCUT2D eigenvalue weighted by Gasteiger charge is -2.24. The van der Waals surface area contributed by atoms with Gasteiger partial charge >= 0.3 is 0 Å². The van der Waals surface area contributed by atoms with Crippen molar-refractivity contribution in [1.82, 2.24) is 4.98 Å². The third kappa shape index (κ3) is 4.30. The predicted molar refractivity (Wildman–Crippen MR) is 86.3 cm³/mol. The van der Waals surface area contributed by atoms with Crippen LogP contribution in [0.5, 0.6) is 5.75 Å². The number of rotatable bonds is 7. The molecule has 0 amide bonds. The maximum Gasteiger partial charge on any atom is 0.140 e. The van der Waals surface area contributed by atoms with Gasteiger partial charge in [0.2, 0.25) is 0 Å². The highest BCUT2D eigenvalue weighted by Gasteiger charge is 2.20. The van der Waals surface area contributed by atoms with E-state index in [1.165, 1.54) is 5.56 Å². The van der Waals surface area contributed by atoms with Crippen molar-refractivity contribution in [2.24, 2.45) is 5.73 Å². The Bertz CT molecular complexity index is 525. The maximum atomic E-state index is 6.22. The van der Waals surface area contributed by atoms with Crippen LogP contribution in [-0.4, -0.2) is 11.0 Å². The largest absolute Gasteiger partial charge is 0.484 e. The molecule has 2 rings (SSSR count). The molecule has 3 nitrogen and oxygen atoms in total. The fourth-order valence-electron chi connectivity index (χ4n) is 2.33. The summed E-state index contributed by atoms with van der Waals surface area (Å²) in [6.45, 7) is 4.25. The quantitative estimate of drug-likeness (QED) is 0.839. The predicted octanol–water partition coefficient (Wildman–Crippen LogP) is 3.89. The molecule has 1 aromatic heterocycles. The zero-order valence-electron chi connectivity index (χ0n) is 12.8. The van der Waals surface area contributed by atoms with Crippen molar-refractivity contribution < 1.29 is 4.74 Å². The maximum absolute atomic E-state index is 6.22. The van der Waals surface area contributed by atoms with E-state index in [1.807, 2.05) is 30.5 Å². The number of aryl methyl sites for hydroxylation is 1. The normalized spacial score (nSPS) is 13.7. The highest BCUT2D eigenvalue weighted by Crippen LogP contribution is 2.25. The highest BCUT2D eigenvalue weighted by atomic mass is 16.5. The minimum absolute atomic E-state index is 0.0514. The molecule has 1 heterocycles. The number of nitrogens with zero attached hydrogens (tertiary/aromatic N) is 1. The summed E-state index contributed by atoms with van der Waals surface area (Å²) in [7, 11) is 0. The molecule has 0 radical (unpaired) electrons. The van der Waals surface area contributed by atoms with Gasteiger partial charge in [-0.25, -0.2) is 0 Å². The molecule has 112 valence electrons. The van der Waals surface area contributed by atoms with Crippen LogP contribution in [0.2, 0.25) is 0 Å².